The maximum absolute atomic E-state index is 12.8. The molecule has 0 aliphatic heterocycles. The number of fused-ring (bicyclic) bond motifs is 1. The van der Waals surface area contributed by atoms with E-state index in [1.165, 1.54) is 17.3 Å². The molecule has 1 amide bonds. The van der Waals surface area contributed by atoms with Crippen molar-refractivity contribution in [3.8, 4) is 5.69 Å². The largest absolute Gasteiger partial charge is 0.449 e. The van der Waals surface area contributed by atoms with Crippen LogP contribution >= 0.6 is 23.2 Å². The van der Waals surface area contributed by atoms with Gasteiger partial charge in [0.1, 0.15) is 12.7 Å². The monoisotopic (exact) mass is 386 g/mol. The number of aryl methyl sites for hydroxylation is 1. The van der Waals surface area contributed by atoms with E-state index in [9.17, 15) is 4.79 Å². The molecule has 2 heterocycles. The van der Waals surface area contributed by atoms with Crippen LogP contribution in [0, 0.1) is 6.92 Å². The van der Waals surface area contributed by atoms with E-state index in [1.807, 2.05) is 19.1 Å². The van der Waals surface area contributed by atoms with Crippen molar-refractivity contribution in [1.29, 1.82) is 0 Å². The van der Waals surface area contributed by atoms with Crippen molar-refractivity contribution in [2.75, 3.05) is 5.32 Å². The van der Waals surface area contributed by atoms with E-state index in [2.05, 4.69) is 15.4 Å². The van der Waals surface area contributed by atoms with Crippen LogP contribution in [0.2, 0.25) is 10.0 Å². The third kappa shape index (κ3) is 2.83. The first-order chi connectivity index (χ1) is 12.5. The first-order valence-electron chi connectivity index (χ1n) is 7.68. The zero-order valence-corrected chi connectivity index (χ0v) is 15.0. The first kappa shape index (κ1) is 16.6. The lowest BCUT2D eigenvalue weighted by atomic mass is 10.1. The summed E-state index contributed by atoms with van der Waals surface area (Å²) in [6.45, 7) is 1.81. The van der Waals surface area contributed by atoms with Gasteiger partial charge in [0, 0.05) is 16.0 Å². The number of amides is 1. The van der Waals surface area contributed by atoms with Crippen LogP contribution in [0.15, 0.2) is 53.5 Å². The lowest BCUT2D eigenvalue weighted by molar-refractivity contribution is 0.0998. The van der Waals surface area contributed by atoms with Gasteiger partial charge in [0.05, 0.1) is 16.4 Å². The summed E-state index contributed by atoms with van der Waals surface area (Å²) in [6, 6.07) is 10.5. The van der Waals surface area contributed by atoms with Crippen molar-refractivity contribution >= 4 is 45.8 Å². The van der Waals surface area contributed by atoms with Gasteiger partial charge in [-0.25, -0.2) is 9.67 Å². The van der Waals surface area contributed by atoms with Gasteiger partial charge < -0.3 is 9.73 Å². The summed E-state index contributed by atoms with van der Waals surface area (Å²) >= 11 is 12.2. The predicted molar refractivity (Wildman–Crippen MR) is 100 cm³/mol. The van der Waals surface area contributed by atoms with E-state index in [-0.39, 0.29) is 5.76 Å². The summed E-state index contributed by atoms with van der Waals surface area (Å²) in [5.41, 5.74) is 2.31. The van der Waals surface area contributed by atoms with Crippen LogP contribution in [0.1, 0.15) is 16.1 Å². The van der Waals surface area contributed by atoms with E-state index in [4.69, 9.17) is 27.6 Å². The number of anilines is 1. The van der Waals surface area contributed by atoms with E-state index >= 15 is 0 Å². The third-order valence-electron chi connectivity index (χ3n) is 3.99. The van der Waals surface area contributed by atoms with Crippen LogP contribution < -0.4 is 5.32 Å². The number of furan rings is 1. The van der Waals surface area contributed by atoms with Gasteiger partial charge in [-0.2, -0.15) is 5.10 Å². The Labute approximate surface area is 158 Å². The Morgan fingerprint density at radius 2 is 2.08 bits per heavy atom. The van der Waals surface area contributed by atoms with Gasteiger partial charge in [-0.3, -0.25) is 4.79 Å². The molecule has 1 N–H and O–H groups in total. The van der Waals surface area contributed by atoms with E-state index in [0.29, 0.717) is 32.6 Å². The number of rotatable bonds is 3. The topological polar surface area (TPSA) is 73.0 Å². The van der Waals surface area contributed by atoms with Crippen LogP contribution in [-0.4, -0.2) is 20.7 Å². The number of para-hydroxylation sites is 1. The highest BCUT2D eigenvalue weighted by atomic mass is 35.5. The number of aromatic nitrogens is 3. The van der Waals surface area contributed by atoms with Gasteiger partial charge in [-0.1, -0.05) is 35.3 Å². The average molecular weight is 387 g/mol. The number of carbonyl (C=O) groups excluding carboxylic acids is 1. The molecule has 4 aromatic rings. The predicted octanol–water partition coefficient (Wildman–Crippen LogP) is 4.88. The molecular formula is C18H12Cl2N4O2. The minimum absolute atomic E-state index is 0.192. The molecule has 2 aromatic carbocycles. The van der Waals surface area contributed by atoms with Crippen LogP contribution in [0.4, 0.5) is 5.69 Å². The molecule has 2 aromatic heterocycles. The normalized spacial score (nSPS) is 11.0. The number of nitrogens with zero attached hydrogens (tertiary/aromatic N) is 3. The fourth-order valence-electron chi connectivity index (χ4n) is 2.75. The van der Waals surface area contributed by atoms with Gasteiger partial charge in [0.2, 0.25) is 0 Å². The van der Waals surface area contributed by atoms with Crippen molar-refractivity contribution in [3.63, 3.8) is 0 Å². The van der Waals surface area contributed by atoms with E-state index in [1.54, 1.807) is 24.3 Å². The van der Waals surface area contributed by atoms with Crippen molar-refractivity contribution in [2.24, 2.45) is 0 Å². The minimum Gasteiger partial charge on any atom is -0.449 e. The number of hydrogen-bond donors (Lipinski definition) is 1. The lowest BCUT2D eigenvalue weighted by Crippen LogP contribution is -2.14. The second-order valence-electron chi connectivity index (χ2n) is 5.63. The summed E-state index contributed by atoms with van der Waals surface area (Å²) < 4.78 is 7.25. The van der Waals surface area contributed by atoms with Crippen LogP contribution in [0.5, 0.6) is 0 Å². The molecular weight excluding hydrogens is 375 g/mol. The summed E-state index contributed by atoms with van der Waals surface area (Å²) in [5.74, 6) is -0.212. The number of nitrogens with one attached hydrogen (secondary N) is 1. The molecule has 0 aliphatic rings. The van der Waals surface area contributed by atoms with E-state index in [0.717, 1.165) is 5.39 Å². The molecule has 0 atom stereocenters. The molecule has 0 saturated heterocycles. The van der Waals surface area contributed by atoms with Crippen LogP contribution in [0.3, 0.4) is 0 Å². The average Bonchev–Trinajstić information content (AvgIpc) is 3.25. The quantitative estimate of drug-likeness (QED) is 0.544. The Balaban J connectivity index is 1.75. The smallest absolute Gasteiger partial charge is 0.291 e. The second kappa shape index (κ2) is 6.48. The summed E-state index contributed by atoms with van der Waals surface area (Å²) in [5, 5.41) is 8.65. The molecule has 4 rings (SSSR count). The highest BCUT2D eigenvalue weighted by molar-refractivity contribution is 6.35. The van der Waals surface area contributed by atoms with Crippen LogP contribution in [0.25, 0.3) is 16.7 Å². The Hall–Kier alpha value is -2.83. The Kier molecular flexibility index (Phi) is 4.14. The van der Waals surface area contributed by atoms with Crippen LogP contribution in [-0.2, 0) is 0 Å². The molecule has 8 heteroatoms. The summed E-state index contributed by atoms with van der Waals surface area (Å²) in [6.07, 6.45) is 2.94. The number of halogens is 2. The van der Waals surface area contributed by atoms with Gasteiger partial charge >= 0.3 is 0 Å². The standard InChI is InChI=1S/C18H12Cl2N4O2/c1-10-12-3-2-4-13(20)17(12)26-16(10)18(25)23-14-7-11(19)5-6-15(14)24-9-21-8-22-24/h2-9H,1H3,(H,23,25). The summed E-state index contributed by atoms with van der Waals surface area (Å²) in [7, 11) is 0. The molecule has 130 valence electrons. The molecule has 0 radical (unpaired) electrons. The number of hydrogen-bond acceptors (Lipinski definition) is 4. The van der Waals surface area contributed by atoms with Crippen molar-refractivity contribution in [1.82, 2.24) is 14.8 Å². The molecule has 26 heavy (non-hydrogen) atoms. The maximum Gasteiger partial charge on any atom is 0.291 e. The van der Waals surface area contributed by atoms with Gasteiger partial charge in [0.25, 0.3) is 5.91 Å². The van der Waals surface area contributed by atoms with Gasteiger partial charge in [-0.15, -0.1) is 0 Å². The number of benzene rings is 2. The Morgan fingerprint density at radius 1 is 1.23 bits per heavy atom. The maximum atomic E-state index is 12.8. The minimum atomic E-state index is -0.404. The SMILES string of the molecule is Cc1c(C(=O)Nc2cc(Cl)ccc2-n2cncn2)oc2c(Cl)cccc12. The highest BCUT2D eigenvalue weighted by Crippen LogP contribution is 2.32. The molecule has 0 fully saturated rings. The Morgan fingerprint density at radius 3 is 2.81 bits per heavy atom. The third-order valence-corrected chi connectivity index (χ3v) is 4.53. The van der Waals surface area contributed by atoms with Crippen molar-refractivity contribution in [2.45, 2.75) is 6.92 Å². The molecule has 0 bridgehead atoms. The lowest BCUT2D eigenvalue weighted by Gasteiger charge is -2.10. The highest BCUT2D eigenvalue weighted by Gasteiger charge is 2.20. The van der Waals surface area contributed by atoms with E-state index < -0.39 is 5.91 Å². The molecule has 0 spiro atoms. The molecule has 6 nitrogen and oxygen atoms in total. The molecule has 0 aliphatic carbocycles. The van der Waals surface area contributed by atoms with Gasteiger partial charge in [-0.05, 0) is 31.2 Å². The van der Waals surface area contributed by atoms with Crippen molar-refractivity contribution in [3.05, 3.63) is 70.4 Å². The summed E-state index contributed by atoms with van der Waals surface area (Å²) in [4.78, 5) is 16.7. The zero-order valence-electron chi connectivity index (χ0n) is 13.5. The second-order valence-corrected chi connectivity index (χ2v) is 6.47. The fraction of sp³-hybridized carbons (Fsp3) is 0.0556. The van der Waals surface area contributed by atoms with Gasteiger partial charge in [0.15, 0.2) is 11.3 Å². The number of carbonyl (C=O) groups is 1. The fourth-order valence-corrected chi connectivity index (χ4v) is 3.13. The first-order valence-corrected chi connectivity index (χ1v) is 8.43. The Bertz CT molecular complexity index is 1120. The zero-order chi connectivity index (χ0) is 18.3. The van der Waals surface area contributed by atoms with Crippen molar-refractivity contribution < 1.29 is 9.21 Å². The molecule has 0 saturated carbocycles. The molecule has 0 unspecified atom stereocenters.